The van der Waals surface area contributed by atoms with Crippen molar-refractivity contribution in [2.24, 2.45) is 11.8 Å². The van der Waals surface area contributed by atoms with Crippen LogP contribution in [0, 0.1) is 17.7 Å². The molecule has 2 fully saturated rings. The first kappa shape index (κ1) is 22.2. The summed E-state index contributed by atoms with van der Waals surface area (Å²) in [6.45, 7) is 8.35. The van der Waals surface area contributed by atoms with Crippen molar-refractivity contribution in [2.45, 2.75) is 19.9 Å². The third kappa shape index (κ3) is 5.81. The Morgan fingerprint density at radius 1 is 1.16 bits per heavy atom. The summed E-state index contributed by atoms with van der Waals surface area (Å²) in [6.07, 6.45) is 1.00. The first-order valence-corrected chi connectivity index (χ1v) is 8.60. The van der Waals surface area contributed by atoms with Crippen molar-refractivity contribution in [3.63, 3.8) is 0 Å². The van der Waals surface area contributed by atoms with Gasteiger partial charge in [0.05, 0.1) is 0 Å². The van der Waals surface area contributed by atoms with Gasteiger partial charge in [0.1, 0.15) is 5.82 Å². The van der Waals surface area contributed by atoms with Gasteiger partial charge in [-0.25, -0.2) is 4.39 Å². The summed E-state index contributed by atoms with van der Waals surface area (Å²) >= 11 is 0. The quantitative estimate of drug-likeness (QED) is 0.856. The van der Waals surface area contributed by atoms with Crippen LogP contribution in [0.5, 0.6) is 0 Å². The van der Waals surface area contributed by atoms with Crippen LogP contribution in [-0.2, 0) is 11.3 Å². The average Bonchev–Trinajstić information content (AvgIpc) is 2.73. The minimum absolute atomic E-state index is 0. The van der Waals surface area contributed by atoms with Crippen LogP contribution in [0.25, 0.3) is 0 Å². The second-order valence-corrected chi connectivity index (χ2v) is 6.79. The number of nitrogens with one attached hydrogen (secondary N) is 1. The van der Waals surface area contributed by atoms with Crippen LogP contribution >= 0.6 is 24.8 Å². The zero-order valence-corrected chi connectivity index (χ0v) is 16.3. The highest BCUT2D eigenvalue weighted by Crippen LogP contribution is 2.19. The lowest BCUT2D eigenvalue weighted by Crippen LogP contribution is -2.50. The van der Waals surface area contributed by atoms with E-state index < -0.39 is 0 Å². The highest BCUT2D eigenvalue weighted by molar-refractivity contribution is 5.85. The molecule has 0 aliphatic carbocycles. The number of carbonyl (C=O) groups is 1. The molecule has 0 aromatic heterocycles. The largest absolute Gasteiger partial charge is 0.341 e. The molecule has 0 radical (unpaired) electrons. The number of nitrogens with zero attached hydrogens (tertiary/aromatic N) is 2. The van der Waals surface area contributed by atoms with Gasteiger partial charge in [0.15, 0.2) is 0 Å². The Morgan fingerprint density at radius 3 is 2.44 bits per heavy atom. The molecule has 2 heterocycles. The lowest BCUT2D eigenvalue weighted by atomic mass is 9.88. The monoisotopic (exact) mass is 391 g/mol. The Morgan fingerprint density at radius 2 is 1.84 bits per heavy atom. The Hall–Kier alpha value is -0.880. The smallest absolute Gasteiger partial charge is 0.225 e. The fourth-order valence-electron chi connectivity index (χ4n) is 3.35. The number of hydrogen-bond donors (Lipinski definition) is 1. The summed E-state index contributed by atoms with van der Waals surface area (Å²) in [6, 6.07) is 6.71. The molecule has 1 N–H and O–H groups in total. The van der Waals surface area contributed by atoms with Gasteiger partial charge in [0.25, 0.3) is 0 Å². The van der Waals surface area contributed by atoms with Gasteiger partial charge in [-0.1, -0.05) is 19.1 Å². The van der Waals surface area contributed by atoms with Gasteiger partial charge in [-0.2, -0.15) is 0 Å². The zero-order valence-electron chi connectivity index (χ0n) is 14.6. The number of rotatable bonds is 4. The Kier molecular flexibility index (Phi) is 9.14. The number of halogens is 3. The number of amides is 1. The Labute approximate surface area is 162 Å². The molecule has 2 saturated heterocycles. The molecule has 1 atom stereocenters. The minimum Gasteiger partial charge on any atom is -0.341 e. The fraction of sp³-hybridized carbons (Fsp3) is 0.611. The van der Waals surface area contributed by atoms with Crippen LogP contribution in [0.2, 0.25) is 0 Å². The highest BCUT2D eigenvalue weighted by atomic mass is 35.5. The van der Waals surface area contributed by atoms with Crippen molar-refractivity contribution in [1.82, 2.24) is 15.1 Å². The average molecular weight is 392 g/mol. The molecule has 7 heteroatoms. The third-order valence-electron chi connectivity index (χ3n) is 5.13. The molecule has 3 rings (SSSR count). The van der Waals surface area contributed by atoms with Crippen LogP contribution in [0.1, 0.15) is 18.9 Å². The van der Waals surface area contributed by atoms with Crippen molar-refractivity contribution >= 4 is 30.7 Å². The van der Waals surface area contributed by atoms with Gasteiger partial charge >= 0.3 is 0 Å². The molecule has 0 spiro atoms. The van der Waals surface area contributed by atoms with Crippen LogP contribution < -0.4 is 5.32 Å². The standard InChI is InChI=1S/C18H26FN3O.2ClH/c1-14(16-11-20-12-16)18(23)22-8-2-7-21(9-10-22)13-15-3-5-17(19)6-4-15;;/h3-6,14,16,20H,2,7-13H2,1H3;2*1H. The summed E-state index contributed by atoms with van der Waals surface area (Å²) in [4.78, 5) is 17.0. The lowest BCUT2D eigenvalue weighted by molar-refractivity contribution is -0.137. The maximum Gasteiger partial charge on any atom is 0.225 e. The first-order chi connectivity index (χ1) is 11.1. The van der Waals surface area contributed by atoms with E-state index in [0.29, 0.717) is 11.8 Å². The van der Waals surface area contributed by atoms with E-state index in [1.165, 1.54) is 12.1 Å². The van der Waals surface area contributed by atoms with E-state index in [9.17, 15) is 9.18 Å². The van der Waals surface area contributed by atoms with Gasteiger partial charge in [0.2, 0.25) is 5.91 Å². The SMILES string of the molecule is CC(C(=O)N1CCCN(Cc2ccc(F)cc2)CC1)C1CNC1.Cl.Cl. The second-order valence-electron chi connectivity index (χ2n) is 6.79. The molecule has 1 aromatic carbocycles. The Balaban J connectivity index is 0.00000156. The van der Waals surface area contributed by atoms with E-state index in [2.05, 4.69) is 17.1 Å². The molecule has 4 nitrogen and oxygen atoms in total. The van der Waals surface area contributed by atoms with Crippen molar-refractivity contribution < 1.29 is 9.18 Å². The molecule has 1 amide bonds. The van der Waals surface area contributed by atoms with Gasteiger partial charge in [-0.05, 0) is 43.1 Å². The molecule has 2 aliphatic heterocycles. The van der Waals surface area contributed by atoms with E-state index in [4.69, 9.17) is 0 Å². The predicted octanol–water partition coefficient (Wildman–Crippen LogP) is 2.56. The van der Waals surface area contributed by atoms with E-state index >= 15 is 0 Å². The van der Waals surface area contributed by atoms with E-state index in [0.717, 1.165) is 57.8 Å². The lowest BCUT2D eigenvalue weighted by Gasteiger charge is -2.34. The van der Waals surface area contributed by atoms with Crippen molar-refractivity contribution in [1.29, 1.82) is 0 Å². The number of hydrogen-bond acceptors (Lipinski definition) is 3. The molecule has 1 unspecified atom stereocenters. The molecule has 142 valence electrons. The van der Waals surface area contributed by atoms with E-state index in [1.807, 2.05) is 17.0 Å². The Bertz CT molecular complexity index is 540. The summed E-state index contributed by atoms with van der Waals surface area (Å²) < 4.78 is 13.0. The highest BCUT2D eigenvalue weighted by Gasteiger charge is 2.32. The van der Waals surface area contributed by atoms with Crippen LogP contribution in [0.15, 0.2) is 24.3 Å². The molecule has 1 aromatic rings. The van der Waals surface area contributed by atoms with Crippen molar-refractivity contribution in [3.05, 3.63) is 35.6 Å². The summed E-state index contributed by atoms with van der Waals surface area (Å²) in [5.74, 6) is 0.738. The van der Waals surface area contributed by atoms with Crippen LogP contribution in [0.4, 0.5) is 4.39 Å². The van der Waals surface area contributed by atoms with Gasteiger partial charge in [0, 0.05) is 38.6 Å². The second kappa shape index (κ2) is 10.3. The van der Waals surface area contributed by atoms with Gasteiger partial charge < -0.3 is 10.2 Å². The molecule has 0 bridgehead atoms. The third-order valence-corrected chi connectivity index (χ3v) is 5.13. The fourth-order valence-corrected chi connectivity index (χ4v) is 3.35. The zero-order chi connectivity index (χ0) is 16.2. The van der Waals surface area contributed by atoms with Crippen molar-refractivity contribution in [3.8, 4) is 0 Å². The van der Waals surface area contributed by atoms with Crippen LogP contribution in [0.3, 0.4) is 0 Å². The normalized spacial score (nSPS) is 19.8. The van der Waals surface area contributed by atoms with Crippen LogP contribution in [-0.4, -0.2) is 55.0 Å². The summed E-state index contributed by atoms with van der Waals surface area (Å²) in [5, 5.41) is 3.24. The minimum atomic E-state index is -0.194. The molecular weight excluding hydrogens is 364 g/mol. The molecule has 0 saturated carbocycles. The van der Waals surface area contributed by atoms with Gasteiger partial charge in [-0.15, -0.1) is 24.8 Å². The first-order valence-electron chi connectivity index (χ1n) is 8.60. The van der Waals surface area contributed by atoms with E-state index in [1.54, 1.807) is 0 Å². The van der Waals surface area contributed by atoms with E-state index in [-0.39, 0.29) is 36.5 Å². The molecule has 2 aliphatic rings. The van der Waals surface area contributed by atoms with Gasteiger partial charge in [-0.3, -0.25) is 9.69 Å². The van der Waals surface area contributed by atoms with Crippen molar-refractivity contribution in [2.75, 3.05) is 39.3 Å². The predicted molar refractivity (Wildman–Crippen MR) is 103 cm³/mol. The maximum atomic E-state index is 13.0. The molecule has 25 heavy (non-hydrogen) atoms. The number of carbonyl (C=O) groups excluding carboxylic acids is 1. The number of benzene rings is 1. The summed E-state index contributed by atoms with van der Waals surface area (Å²) in [7, 11) is 0. The summed E-state index contributed by atoms with van der Waals surface area (Å²) in [5.41, 5.74) is 1.13. The molecular formula is C18H28Cl2FN3O. The topological polar surface area (TPSA) is 35.6 Å². The maximum absolute atomic E-state index is 13.0.